The first-order valence-electron chi connectivity index (χ1n) is 8.60. The number of carbonyl (C=O) groups excluding carboxylic acids is 2. The van der Waals surface area contributed by atoms with Gasteiger partial charge in [-0.05, 0) is 25.0 Å². The van der Waals surface area contributed by atoms with Crippen LogP contribution in [0.25, 0.3) is 0 Å². The van der Waals surface area contributed by atoms with Gasteiger partial charge in [0.2, 0.25) is 5.91 Å². The van der Waals surface area contributed by atoms with Crippen molar-refractivity contribution in [2.75, 3.05) is 12.1 Å². The Labute approximate surface area is 163 Å². The predicted octanol–water partition coefficient (Wildman–Crippen LogP) is 3.23. The lowest BCUT2D eigenvalue weighted by Crippen LogP contribution is -2.14. The monoisotopic (exact) mass is 404 g/mol. The Morgan fingerprint density at radius 1 is 1.32 bits per heavy atom. The zero-order valence-electron chi connectivity index (χ0n) is 14.6. The van der Waals surface area contributed by atoms with Crippen molar-refractivity contribution in [3.63, 3.8) is 0 Å². The lowest BCUT2D eigenvalue weighted by molar-refractivity contribution is -0.385. The number of nitro benzene ring substituents is 1. The molecule has 2 aromatic rings. The summed E-state index contributed by atoms with van der Waals surface area (Å²) in [5.74, 6) is -0.108. The molecule has 4 rings (SSSR count). The van der Waals surface area contributed by atoms with Crippen molar-refractivity contribution in [3.05, 3.63) is 50.4 Å². The van der Waals surface area contributed by atoms with Crippen molar-refractivity contribution in [2.45, 2.75) is 26.1 Å². The van der Waals surface area contributed by atoms with E-state index in [1.54, 1.807) is 12.1 Å². The number of hydrogen-bond acceptors (Lipinski definition) is 8. The molecule has 146 valence electrons. The Kier molecular flexibility index (Phi) is 4.97. The van der Waals surface area contributed by atoms with E-state index in [4.69, 9.17) is 14.2 Å². The number of anilines is 1. The van der Waals surface area contributed by atoms with E-state index in [9.17, 15) is 19.7 Å². The van der Waals surface area contributed by atoms with Crippen LogP contribution in [0.15, 0.2) is 24.3 Å². The number of nitrogens with one attached hydrogen (secondary N) is 1. The lowest BCUT2D eigenvalue weighted by atomic mass is 10.1. The zero-order valence-corrected chi connectivity index (χ0v) is 15.5. The summed E-state index contributed by atoms with van der Waals surface area (Å²) in [4.78, 5) is 35.0. The lowest BCUT2D eigenvalue weighted by Gasteiger charge is -2.20. The fraction of sp³-hybridized carbons (Fsp3) is 0.333. The number of benzene rings is 1. The van der Waals surface area contributed by atoms with Gasteiger partial charge in [-0.1, -0.05) is 0 Å². The molecule has 0 bridgehead atoms. The molecule has 28 heavy (non-hydrogen) atoms. The molecule has 2 heterocycles. The third-order valence-corrected chi connectivity index (χ3v) is 5.32. The van der Waals surface area contributed by atoms with Crippen LogP contribution in [0.1, 0.15) is 33.6 Å². The number of amides is 1. The number of ether oxygens (including phenoxy) is 3. The van der Waals surface area contributed by atoms with Gasteiger partial charge in [-0.2, -0.15) is 0 Å². The Morgan fingerprint density at radius 3 is 2.89 bits per heavy atom. The molecule has 10 heteroatoms. The SMILES string of the molecule is O=C(OCc1cc([N+](=O)[O-])cc2c1OCOC2)c1ccc(NC(=O)C2CC2)s1. The summed E-state index contributed by atoms with van der Waals surface area (Å²) in [6, 6.07) is 5.93. The van der Waals surface area contributed by atoms with Gasteiger partial charge < -0.3 is 19.5 Å². The van der Waals surface area contributed by atoms with Crippen LogP contribution in [-0.2, 0) is 27.5 Å². The second-order valence-corrected chi connectivity index (χ2v) is 7.55. The van der Waals surface area contributed by atoms with Crippen molar-refractivity contribution in [1.82, 2.24) is 0 Å². The number of nitro groups is 1. The van der Waals surface area contributed by atoms with Crippen LogP contribution in [0, 0.1) is 16.0 Å². The molecule has 1 N–H and O–H groups in total. The molecule has 2 aliphatic rings. The molecule has 1 aliphatic heterocycles. The highest BCUT2D eigenvalue weighted by Crippen LogP contribution is 2.34. The molecular formula is C18H16N2O7S. The Morgan fingerprint density at radius 2 is 2.14 bits per heavy atom. The maximum atomic E-state index is 12.3. The van der Waals surface area contributed by atoms with Crippen molar-refractivity contribution in [2.24, 2.45) is 5.92 Å². The summed E-state index contributed by atoms with van der Waals surface area (Å²) in [5, 5.41) is 14.5. The number of non-ortho nitro benzene ring substituents is 1. The maximum Gasteiger partial charge on any atom is 0.348 e. The number of fused-ring (bicyclic) bond motifs is 1. The molecule has 1 amide bonds. The van der Waals surface area contributed by atoms with Gasteiger partial charge in [-0.15, -0.1) is 11.3 Å². The molecule has 9 nitrogen and oxygen atoms in total. The fourth-order valence-electron chi connectivity index (χ4n) is 2.79. The van der Waals surface area contributed by atoms with Crippen molar-refractivity contribution in [3.8, 4) is 5.75 Å². The third-order valence-electron chi connectivity index (χ3n) is 4.34. The van der Waals surface area contributed by atoms with Gasteiger partial charge in [0.1, 0.15) is 17.2 Å². The van der Waals surface area contributed by atoms with Crippen LogP contribution in [0.4, 0.5) is 10.7 Å². The second kappa shape index (κ2) is 7.56. The number of nitrogens with zero attached hydrogens (tertiary/aromatic N) is 1. The number of carbonyl (C=O) groups is 2. The molecule has 1 fully saturated rings. The minimum atomic E-state index is -0.579. The fourth-order valence-corrected chi connectivity index (χ4v) is 3.59. The van der Waals surface area contributed by atoms with Gasteiger partial charge in [0, 0.05) is 29.2 Å². The van der Waals surface area contributed by atoms with Gasteiger partial charge in [-0.3, -0.25) is 14.9 Å². The molecule has 1 aromatic carbocycles. The smallest absolute Gasteiger partial charge is 0.348 e. The maximum absolute atomic E-state index is 12.3. The summed E-state index contributed by atoms with van der Waals surface area (Å²) in [5.41, 5.74) is 0.812. The van der Waals surface area contributed by atoms with Crippen LogP contribution in [0.2, 0.25) is 0 Å². The summed E-state index contributed by atoms with van der Waals surface area (Å²) >= 11 is 1.12. The minimum Gasteiger partial charge on any atom is -0.467 e. The topological polar surface area (TPSA) is 117 Å². The molecule has 0 spiro atoms. The van der Waals surface area contributed by atoms with E-state index >= 15 is 0 Å². The average Bonchev–Trinajstić information content (AvgIpc) is 3.45. The first-order valence-corrected chi connectivity index (χ1v) is 9.41. The Balaban J connectivity index is 1.44. The molecule has 1 saturated carbocycles. The molecular weight excluding hydrogens is 388 g/mol. The Hall–Kier alpha value is -2.98. The molecule has 0 unspecified atom stereocenters. The average molecular weight is 404 g/mol. The van der Waals surface area contributed by atoms with Gasteiger partial charge in [0.25, 0.3) is 5.69 Å². The summed E-state index contributed by atoms with van der Waals surface area (Å²) in [7, 11) is 0. The van der Waals surface area contributed by atoms with E-state index < -0.39 is 10.9 Å². The highest BCUT2D eigenvalue weighted by atomic mass is 32.1. The quantitative estimate of drug-likeness (QED) is 0.446. The molecule has 0 atom stereocenters. The van der Waals surface area contributed by atoms with E-state index in [-0.39, 0.29) is 37.5 Å². The van der Waals surface area contributed by atoms with Crippen LogP contribution in [0.5, 0.6) is 5.75 Å². The van der Waals surface area contributed by atoms with E-state index in [1.807, 2.05) is 0 Å². The van der Waals surface area contributed by atoms with Crippen LogP contribution in [0.3, 0.4) is 0 Å². The van der Waals surface area contributed by atoms with Crippen LogP contribution < -0.4 is 10.1 Å². The highest BCUT2D eigenvalue weighted by molar-refractivity contribution is 7.18. The standard InChI is InChI=1S/C18H16N2O7S/c21-17(10-1-2-10)19-15-4-3-14(28-15)18(22)26-8-12-6-13(20(23)24)5-11-7-25-9-27-16(11)12/h3-6,10H,1-2,7-9H2,(H,19,21). The highest BCUT2D eigenvalue weighted by Gasteiger charge is 2.30. The number of rotatable bonds is 6. The van der Waals surface area contributed by atoms with E-state index in [0.29, 0.717) is 26.8 Å². The van der Waals surface area contributed by atoms with Gasteiger partial charge >= 0.3 is 5.97 Å². The predicted molar refractivity (Wildman–Crippen MR) is 98.2 cm³/mol. The third kappa shape index (κ3) is 3.97. The van der Waals surface area contributed by atoms with Gasteiger partial charge in [-0.25, -0.2) is 4.79 Å². The summed E-state index contributed by atoms with van der Waals surface area (Å²) < 4.78 is 15.9. The normalized spacial score (nSPS) is 15.3. The number of esters is 1. The molecule has 0 radical (unpaired) electrons. The minimum absolute atomic E-state index is 0.0285. The summed E-state index contributed by atoms with van der Waals surface area (Å²) in [6.45, 7) is 0.0399. The van der Waals surface area contributed by atoms with E-state index in [0.717, 1.165) is 24.2 Å². The largest absolute Gasteiger partial charge is 0.467 e. The van der Waals surface area contributed by atoms with E-state index in [1.165, 1.54) is 12.1 Å². The van der Waals surface area contributed by atoms with Crippen LogP contribution in [-0.4, -0.2) is 23.6 Å². The van der Waals surface area contributed by atoms with Gasteiger partial charge in [0.15, 0.2) is 6.79 Å². The Bertz CT molecular complexity index is 951. The number of hydrogen-bond donors (Lipinski definition) is 1. The van der Waals surface area contributed by atoms with Crippen LogP contribution >= 0.6 is 11.3 Å². The van der Waals surface area contributed by atoms with Gasteiger partial charge in [0.05, 0.1) is 16.5 Å². The van der Waals surface area contributed by atoms with Crippen molar-refractivity contribution >= 4 is 33.9 Å². The van der Waals surface area contributed by atoms with Crippen molar-refractivity contribution in [1.29, 1.82) is 0 Å². The second-order valence-electron chi connectivity index (χ2n) is 6.46. The molecule has 0 saturated heterocycles. The number of thiophene rings is 1. The first kappa shape index (κ1) is 18.4. The summed E-state index contributed by atoms with van der Waals surface area (Å²) in [6.07, 6.45) is 1.79. The molecule has 1 aromatic heterocycles. The zero-order chi connectivity index (χ0) is 19.7. The van der Waals surface area contributed by atoms with E-state index in [2.05, 4.69) is 5.32 Å². The first-order chi connectivity index (χ1) is 13.5. The van der Waals surface area contributed by atoms with Crippen molar-refractivity contribution < 1.29 is 28.7 Å². The molecule has 1 aliphatic carbocycles.